The maximum atomic E-state index is 11.8. The van der Waals surface area contributed by atoms with Gasteiger partial charge in [0.1, 0.15) is 12.0 Å². The van der Waals surface area contributed by atoms with E-state index in [1.165, 1.54) is 13.4 Å². The highest BCUT2D eigenvalue weighted by Gasteiger charge is 2.17. The van der Waals surface area contributed by atoms with E-state index in [1.807, 2.05) is 4.90 Å². The van der Waals surface area contributed by atoms with Crippen LogP contribution in [0.25, 0.3) is 0 Å². The molecule has 6 heteroatoms. The number of nitrogens with one attached hydrogen (secondary N) is 1. The number of esters is 1. The van der Waals surface area contributed by atoms with E-state index < -0.39 is 5.97 Å². The summed E-state index contributed by atoms with van der Waals surface area (Å²) in [6.45, 7) is 2.41. The molecule has 1 aliphatic rings. The number of ether oxygens (including phenoxy) is 1. The number of rotatable bonds is 5. The van der Waals surface area contributed by atoms with Crippen LogP contribution in [-0.2, 0) is 16.1 Å². The van der Waals surface area contributed by atoms with Crippen molar-refractivity contribution in [3.8, 4) is 0 Å². The molecule has 0 aliphatic carbocycles. The first-order chi connectivity index (χ1) is 9.20. The molecule has 19 heavy (non-hydrogen) atoms. The minimum absolute atomic E-state index is 0.109. The molecule has 0 spiro atoms. The molecule has 0 atom stereocenters. The van der Waals surface area contributed by atoms with Gasteiger partial charge >= 0.3 is 5.97 Å². The van der Waals surface area contributed by atoms with Crippen LogP contribution in [0.15, 0.2) is 16.7 Å². The Balaban J connectivity index is 1.74. The van der Waals surface area contributed by atoms with Crippen LogP contribution in [0.2, 0.25) is 0 Å². The Morgan fingerprint density at radius 2 is 2.16 bits per heavy atom. The van der Waals surface area contributed by atoms with Crippen molar-refractivity contribution >= 4 is 11.9 Å². The van der Waals surface area contributed by atoms with Crippen LogP contribution < -0.4 is 5.32 Å². The molecular weight excluding hydrogens is 248 g/mol. The van der Waals surface area contributed by atoms with Gasteiger partial charge in [-0.25, -0.2) is 4.79 Å². The highest BCUT2D eigenvalue weighted by Crippen LogP contribution is 2.09. The van der Waals surface area contributed by atoms with E-state index in [4.69, 9.17) is 4.42 Å². The fourth-order valence-corrected chi connectivity index (χ4v) is 2.07. The molecule has 104 valence electrons. The molecule has 0 radical (unpaired) electrons. The van der Waals surface area contributed by atoms with Gasteiger partial charge in [0.25, 0.3) is 0 Å². The van der Waals surface area contributed by atoms with Crippen molar-refractivity contribution < 1.29 is 18.7 Å². The number of likely N-dealkylation sites (tertiary alicyclic amines) is 1. The molecule has 6 nitrogen and oxygen atoms in total. The zero-order valence-electron chi connectivity index (χ0n) is 11.0. The van der Waals surface area contributed by atoms with E-state index in [2.05, 4.69) is 10.1 Å². The third kappa shape index (κ3) is 3.57. The third-order valence-electron chi connectivity index (χ3n) is 3.11. The van der Waals surface area contributed by atoms with Crippen molar-refractivity contribution in [3.63, 3.8) is 0 Å². The second-order valence-electron chi connectivity index (χ2n) is 4.48. The van der Waals surface area contributed by atoms with Gasteiger partial charge in [0.05, 0.1) is 25.8 Å². The van der Waals surface area contributed by atoms with Crippen molar-refractivity contribution in [3.05, 3.63) is 23.7 Å². The number of hydrogen-bond acceptors (Lipinski definition) is 5. The summed E-state index contributed by atoms with van der Waals surface area (Å²) in [5, 5.41) is 3.01. The van der Waals surface area contributed by atoms with E-state index in [-0.39, 0.29) is 12.5 Å². The molecule has 2 heterocycles. The van der Waals surface area contributed by atoms with Crippen molar-refractivity contribution in [1.82, 2.24) is 10.2 Å². The Bertz CT molecular complexity index is 449. The summed E-state index contributed by atoms with van der Waals surface area (Å²) >= 11 is 0. The molecule has 1 aromatic heterocycles. The molecule has 1 N–H and O–H groups in total. The minimum atomic E-state index is -0.428. The summed E-state index contributed by atoms with van der Waals surface area (Å²) in [5.41, 5.74) is 0.380. The van der Waals surface area contributed by atoms with Crippen LogP contribution in [0.3, 0.4) is 0 Å². The van der Waals surface area contributed by atoms with Crippen LogP contribution in [0.4, 0.5) is 0 Å². The number of carbonyl (C=O) groups is 2. The molecule has 0 saturated carbocycles. The standard InChI is InChI=1S/C13H18N2O4/c1-18-13(17)10-6-11(19-9-10)7-14-8-12(16)15-4-2-3-5-15/h6,9,14H,2-5,7-8H2,1H3. The van der Waals surface area contributed by atoms with E-state index in [0.29, 0.717) is 17.9 Å². The van der Waals surface area contributed by atoms with Crippen molar-refractivity contribution in [2.24, 2.45) is 0 Å². The monoisotopic (exact) mass is 266 g/mol. The van der Waals surface area contributed by atoms with E-state index in [1.54, 1.807) is 6.07 Å². The maximum Gasteiger partial charge on any atom is 0.341 e. The maximum absolute atomic E-state index is 11.8. The predicted octanol–water partition coefficient (Wildman–Crippen LogP) is 0.778. The summed E-state index contributed by atoms with van der Waals surface area (Å²) in [4.78, 5) is 24.8. The average molecular weight is 266 g/mol. The van der Waals surface area contributed by atoms with Crippen LogP contribution >= 0.6 is 0 Å². The first-order valence-electron chi connectivity index (χ1n) is 6.35. The smallest absolute Gasteiger partial charge is 0.341 e. The SMILES string of the molecule is COC(=O)c1coc(CNCC(=O)N2CCCC2)c1. The minimum Gasteiger partial charge on any atom is -0.467 e. The second kappa shape index (κ2) is 6.38. The molecule has 1 fully saturated rings. The van der Waals surface area contributed by atoms with Crippen LogP contribution in [-0.4, -0.2) is 43.5 Å². The number of nitrogens with zero attached hydrogens (tertiary/aromatic N) is 1. The van der Waals surface area contributed by atoms with E-state index in [9.17, 15) is 9.59 Å². The van der Waals surface area contributed by atoms with Gasteiger partial charge < -0.3 is 19.4 Å². The largest absolute Gasteiger partial charge is 0.467 e. The summed E-state index contributed by atoms with van der Waals surface area (Å²) in [5.74, 6) is 0.287. The number of hydrogen-bond donors (Lipinski definition) is 1. The average Bonchev–Trinajstić information content (AvgIpc) is 3.08. The Kier molecular flexibility index (Phi) is 4.57. The lowest BCUT2D eigenvalue weighted by Gasteiger charge is -2.14. The van der Waals surface area contributed by atoms with Crippen LogP contribution in [0.5, 0.6) is 0 Å². The molecule has 1 aromatic rings. The summed E-state index contributed by atoms with van der Waals surface area (Å²) in [7, 11) is 1.32. The zero-order valence-corrected chi connectivity index (χ0v) is 11.0. The lowest BCUT2D eigenvalue weighted by Crippen LogP contribution is -2.35. The normalized spacial score (nSPS) is 14.7. The van der Waals surface area contributed by atoms with Gasteiger partial charge in [0, 0.05) is 13.1 Å². The Morgan fingerprint density at radius 3 is 2.84 bits per heavy atom. The topological polar surface area (TPSA) is 71.8 Å². The van der Waals surface area contributed by atoms with Gasteiger partial charge in [-0.2, -0.15) is 0 Å². The molecule has 1 amide bonds. The van der Waals surface area contributed by atoms with Crippen LogP contribution in [0.1, 0.15) is 29.0 Å². The van der Waals surface area contributed by atoms with Gasteiger partial charge in [-0.1, -0.05) is 0 Å². The first-order valence-corrected chi connectivity index (χ1v) is 6.35. The molecular formula is C13H18N2O4. The second-order valence-corrected chi connectivity index (χ2v) is 4.48. The van der Waals surface area contributed by atoms with Gasteiger partial charge in [0.2, 0.25) is 5.91 Å². The van der Waals surface area contributed by atoms with Gasteiger partial charge in [-0.3, -0.25) is 4.79 Å². The molecule has 2 rings (SSSR count). The summed E-state index contributed by atoms with van der Waals surface area (Å²) < 4.78 is 9.79. The van der Waals surface area contributed by atoms with Gasteiger partial charge in [-0.05, 0) is 18.9 Å². The Hall–Kier alpha value is -1.82. The fourth-order valence-electron chi connectivity index (χ4n) is 2.07. The van der Waals surface area contributed by atoms with Crippen molar-refractivity contribution in [1.29, 1.82) is 0 Å². The third-order valence-corrected chi connectivity index (χ3v) is 3.11. The lowest BCUT2D eigenvalue weighted by molar-refractivity contribution is -0.129. The molecule has 0 unspecified atom stereocenters. The number of methoxy groups -OCH3 is 1. The summed E-state index contributed by atoms with van der Waals surface area (Å²) in [6.07, 6.45) is 3.53. The van der Waals surface area contributed by atoms with Crippen LogP contribution in [0, 0.1) is 0 Å². The molecule has 1 saturated heterocycles. The Morgan fingerprint density at radius 1 is 1.42 bits per heavy atom. The number of carbonyl (C=O) groups excluding carboxylic acids is 2. The van der Waals surface area contributed by atoms with E-state index >= 15 is 0 Å². The molecule has 0 aromatic carbocycles. The fraction of sp³-hybridized carbons (Fsp3) is 0.538. The molecule has 1 aliphatic heterocycles. The highest BCUT2D eigenvalue weighted by atomic mass is 16.5. The van der Waals surface area contributed by atoms with Gasteiger partial charge in [-0.15, -0.1) is 0 Å². The number of furan rings is 1. The molecule has 0 bridgehead atoms. The quantitative estimate of drug-likeness (QED) is 0.797. The zero-order chi connectivity index (χ0) is 13.7. The van der Waals surface area contributed by atoms with Crippen molar-refractivity contribution in [2.75, 3.05) is 26.7 Å². The van der Waals surface area contributed by atoms with Crippen molar-refractivity contribution in [2.45, 2.75) is 19.4 Å². The summed E-state index contributed by atoms with van der Waals surface area (Å²) in [6, 6.07) is 1.61. The lowest BCUT2D eigenvalue weighted by atomic mass is 10.3. The highest BCUT2D eigenvalue weighted by molar-refractivity contribution is 5.88. The Labute approximate surface area is 111 Å². The first kappa shape index (κ1) is 13.6. The van der Waals surface area contributed by atoms with E-state index in [0.717, 1.165) is 25.9 Å². The van der Waals surface area contributed by atoms with Gasteiger partial charge in [0.15, 0.2) is 0 Å². The predicted molar refractivity (Wildman–Crippen MR) is 67.6 cm³/mol. The number of amides is 1.